The largest absolute Gasteiger partial charge is 0.465 e. The smallest absolute Gasteiger partial charge is 0.407 e. The van der Waals surface area contributed by atoms with Crippen LogP contribution in [0, 0.1) is 0 Å². The molecule has 0 aromatic heterocycles. The lowest BCUT2D eigenvalue weighted by atomic mass is 9.81. The minimum atomic E-state index is -0.983. The maximum Gasteiger partial charge on any atom is 0.407 e. The van der Waals surface area contributed by atoms with Crippen molar-refractivity contribution in [2.45, 2.75) is 11.8 Å². The van der Waals surface area contributed by atoms with Crippen LogP contribution in [0.2, 0.25) is 0 Å². The standard InChI is InChI=1S/C12H13N3O3/c13-7-1-2-8-9(5-7)14-10(16)12(8)3-4-15(6-12)11(17)18/h1-2,5H,3-4,6,13H2,(H,14,16)(H,17,18). The second-order valence-electron chi connectivity index (χ2n) is 4.80. The number of nitrogen functional groups attached to an aromatic ring is 1. The molecule has 2 aliphatic heterocycles. The molecule has 6 nitrogen and oxygen atoms in total. The van der Waals surface area contributed by atoms with Crippen molar-refractivity contribution in [3.63, 3.8) is 0 Å². The molecule has 3 rings (SSSR count). The van der Waals surface area contributed by atoms with Gasteiger partial charge in [0, 0.05) is 24.5 Å². The zero-order chi connectivity index (χ0) is 12.9. The second-order valence-corrected chi connectivity index (χ2v) is 4.80. The monoisotopic (exact) mass is 247 g/mol. The van der Waals surface area contributed by atoms with Crippen LogP contribution in [0.1, 0.15) is 12.0 Å². The molecule has 0 saturated carbocycles. The van der Waals surface area contributed by atoms with E-state index < -0.39 is 11.5 Å². The molecule has 2 amide bonds. The minimum Gasteiger partial charge on any atom is -0.465 e. The highest BCUT2D eigenvalue weighted by atomic mass is 16.4. The van der Waals surface area contributed by atoms with Gasteiger partial charge in [-0.05, 0) is 24.1 Å². The van der Waals surface area contributed by atoms with E-state index in [4.69, 9.17) is 10.8 Å². The molecule has 2 heterocycles. The fourth-order valence-electron chi connectivity index (χ4n) is 2.83. The summed E-state index contributed by atoms with van der Waals surface area (Å²) in [6, 6.07) is 5.27. The number of hydrogen-bond donors (Lipinski definition) is 3. The summed E-state index contributed by atoms with van der Waals surface area (Å²) >= 11 is 0. The number of anilines is 2. The molecular weight excluding hydrogens is 234 g/mol. The molecule has 18 heavy (non-hydrogen) atoms. The summed E-state index contributed by atoms with van der Waals surface area (Å²) < 4.78 is 0. The lowest BCUT2D eigenvalue weighted by Crippen LogP contribution is -2.38. The molecule has 1 spiro atoms. The van der Waals surface area contributed by atoms with Gasteiger partial charge in [0.05, 0.1) is 5.41 Å². The number of hydrogen-bond acceptors (Lipinski definition) is 3. The van der Waals surface area contributed by atoms with Crippen LogP contribution in [0.25, 0.3) is 0 Å². The number of amides is 2. The highest BCUT2D eigenvalue weighted by Gasteiger charge is 2.52. The Kier molecular flexibility index (Phi) is 2.04. The van der Waals surface area contributed by atoms with Gasteiger partial charge < -0.3 is 21.1 Å². The number of fused-ring (bicyclic) bond motifs is 2. The van der Waals surface area contributed by atoms with Gasteiger partial charge in [-0.1, -0.05) is 6.07 Å². The Labute approximate surface area is 103 Å². The van der Waals surface area contributed by atoms with Crippen LogP contribution < -0.4 is 11.1 Å². The summed E-state index contributed by atoms with van der Waals surface area (Å²) in [4.78, 5) is 24.4. The van der Waals surface area contributed by atoms with Gasteiger partial charge in [0.2, 0.25) is 5.91 Å². The van der Waals surface area contributed by atoms with Crippen molar-refractivity contribution in [1.29, 1.82) is 0 Å². The third kappa shape index (κ3) is 1.28. The molecule has 0 aliphatic carbocycles. The van der Waals surface area contributed by atoms with Gasteiger partial charge in [0.25, 0.3) is 0 Å². The van der Waals surface area contributed by atoms with Crippen LogP contribution in [0.5, 0.6) is 0 Å². The van der Waals surface area contributed by atoms with Crippen molar-refractivity contribution < 1.29 is 14.7 Å². The molecule has 1 aromatic carbocycles. The topological polar surface area (TPSA) is 95.7 Å². The first-order chi connectivity index (χ1) is 8.53. The fourth-order valence-corrected chi connectivity index (χ4v) is 2.83. The molecule has 94 valence electrons. The summed E-state index contributed by atoms with van der Waals surface area (Å²) in [5.74, 6) is -0.133. The zero-order valence-corrected chi connectivity index (χ0v) is 9.64. The van der Waals surface area contributed by atoms with Gasteiger partial charge in [0.15, 0.2) is 0 Å². The van der Waals surface area contributed by atoms with E-state index in [0.717, 1.165) is 5.56 Å². The van der Waals surface area contributed by atoms with Gasteiger partial charge in [-0.2, -0.15) is 0 Å². The number of benzene rings is 1. The summed E-state index contributed by atoms with van der Waals surface area (Å²) in [7, 11) is 0. The van der Waals surface area contributed by atoms with Crippen molar-refractivity contribution in [2.75, 3.05) is 24.1 Å². The number of carbonyl (C=O) groups is 2. The van der Waals surface area contributed by atoms with E-state index in [0.29, 0.717) is 24.3 Å². The molecule has 0 bridgehead atoms. The number of nitrogens with two attached hydrogens (primary N) is 1. The van der Waals surface area contributed by atoms with Crippen LogP contribution in [0.3, 0.4) is 0 Å². The molecule has 6 heteroatoms. The molecule has 1 saturated heterocycles. The lowest BCUT2D eigenvalue weighted by molar-refractivity contribution is -0.120. The average Bonchev–Trinajstić information content (AvgIpc) is 2.84. The Morgan fingerprint density at radius 2 is 2.28 bits per heavy atom. The highest BCUT2D eigenvalue weighted by molar-refractivity contribution is 6.07. The van der Waals surface area contributed by atoms with Gasteiger partial charge in [-0.15, -0.1) is 0 Å². The SMILES string of the molecule is Nc1ccc2c(c1)NC(=O)C21CCN(C(=O)O)C1. The lowest BCUT2D eigenvalue weighted by Gasteiger charge is -2.21. The summed E-state index contributed by atoms with van der Waals surface area (Å²) in [6.07, 6.45) is -0.467. The second kappa shape index (κ2) is 3.38. The predicted molar refractivity (Wildman–Crippen MR) is 65.4 cm³/mol. The normalized spacial score (nSPS) is 25.3. The minimum absolute atomic E-state index is 0.133. The van der Waals surface area contributed by atoms with Crippen molar-refractivity contribution in [2.24, 2.45) is 0 Å². The Hall–Kier alpha value is -2.24. The van der Waals surface area contributed by atoms with E-state index in [1.165, 1.54) is 4.90 Å². The van der Waals surface area contributed by atoms with Gasteiger partial charge >= 0.3 is 6.09 Å². The van der Waals surface area contributed by atoms with E-state index in [1.54, 1.807) is 12.1 Å². The number of nitrogens with one attached hydrogen (secondary N) is 1. The molecule has 4 N–H and O–H groups in total. The molecule has 1 unspecified atom stereocenters. The number of likely N-dealkylation sites (tertiary alicyclic amines) is 1. The number of carbonyl (C=O) groups excluding carboxylic acids is 1. The van der Waals surface area contributed by atoms with E-state index in [2.05, 4.69) is 5.32 Å². The highest BCUT2D eigenvalue weighted by Crippen LogP contribution is 2.44. The van der Waals surface area contributed by atoms with Crippen LogP contribution >= 0.6 is 0 Å². The van der Waals surface area contributed by atoms with Crippen LogP contribution in [0.4, 0.5) is 16.2 Å². The Morgan fingerprint density at radius 1 is 1.50 bits per heavy atom. The van der Waals surface area contributed by atoms with E-state index in [9.17, 15) is 9.59 Å². The zero-order valence-electron chi connectivity index (χ0n) is 9.64. The average molecular weight is 247 g/mol. The van der Waals surface area contributed by atoms with E-state index in [1.807, 2.05) is 6.07 Å². The number of rotatable bonds is 0. The Morgan fingerprint density at radius 3 is 2.94 bits per heavy atom. The Bertz CT molecular complexity index is 557. The first kappa shape index (κ1) is 10.9. The summed E-state index contributed by atoms with van der Waals surface area (Å²) in [5, 5.41) is 11.8. The van der Waals surface area contributed by atoms with Crippen molar-refractivity contribution >= 4 is 23.4 Å². The molecule has 1 atom stereocenters. The van der Waals surface area contributed by atoms with E-state index in [-0.39, 0.29) is 12.5 Å². The van der Waals surface area contributed by atoms with Crippen molar-refractivity contribution in [1.82, 2.24) is 4.90 Å². The Balaban J connectivity index is 2.05. The number of carboxylic acid groups (broad SMARTS) is 1. The van der Waals surface area contributed by atoms with Crippen molar-refractivity contribution in [3.05, 3.63) is 23.8 Å². The molecular formula is C12H13N3O3. The summed E-state index contributed by atoms with van der Waals surface area (Å²) in [5.41, 5.74) is 7.08. The van der Waals surface area contributed by atoms with E-state index >= 15 is 0 Å². The quantitative estimate of drug-likeness (QED) is 0.592. The number of nitrogens with zero attached hydrogens (tertiary/aromatic N) is 1. The third-order valence-corrected chi connectivity index (χ3v) is 3.78. The maximum absolute atomic E-state index is 12.2. The first-order valence-electron chi connectivity index (χ1n) is 5.72. The van der Waals surface area contributed by atoms with Crippen LogP contribution in [0.15, 0.2) is 18.2 Å². The van der Waals surface area contributed by atoms with Gasteiger partial charge in [0.1, 0.15) is 0 Å². The predicted octanol–water partition coefficient (Wildman–Crippen LogP) is 0.842. The maximum atomic E-state index is 12.2. The van der Waals surface area contributed by atoms with Crippen LogP contribution in [-0.2, 0) is 10.2 Å². The molecule has 0 radical (unpaired) electrons. The third-order valence-electron chi connectivity index (χ3n) is 3.78. The molecule has 1 fully saturated rings. The summed E-state index contributed by atoms with van der Waals surface area (Å²) in [6.45, 7) is 0.595. The van der Waals surface area contributed by atoms with Crippen molar-refractivity contribution in [3.8, 4) is 0 Å². The van der Waals surface area contributed by atoms with Gasteiger partial charge in [-0.25, -0.2) is 4.79 Å². The van der Waals surface area contributed by atoms with Crippen LogP contribution in [-0.4, -0.2) is 35.1 Å². The van der Waals surface area contributed by atoms with Gasteiger partial charge in [-0.3, -0.25) is 4.79 Å². The fraction of sp³-hybridized carbons (Fsp3) is 0.333. The molecule has 2 aliphatic rings. The molecule has 1 aromatic rings. The first-order valence-corrected chi connectivity index (χ1v) is 5.72.